The molecule has 1 aromatic heterocycles. The highest BCUT2D eigenvalue weighted by Crippen LogP contribution is 2.33. The molecule has 1 unspecified atom stereocenters. The molecule has 2 N–H and O–H groups in total. The van der Waals surface area contributed by atoms with Gasteiger partial charge in [-0.1, -0.05) is 6.92 Å². The van der Waals surface area contributed by atoms with Crippen molar-refractivity contribution in [1.29, 1.82) is 0 Å². The molecule has 0 fully saturated rings. The number of nitrogens with one attached hydrogen (secondary N) is 1. The number of aliphatic hydroxyl groups is 1. The van der Waals surface area contributed by atoms with Crippen molar-refractivity contribution in [2.45, 2.75) is 25.0 Å². The highest BCUT2D eigenvalue weighted by atomic mass is 32.2. The SMILES string of the molecule is CCNc1cc(C(F)(F)F)cc(SCC(C)CO)n1. The third-order valence-electron chi connectivity index (χ3n) is 2.31. The monoisotopic (exact) mass is 294 g/mol. The number of aliphatic hydroxyl groups excluding tert-OH is 1. The third-order valence-corrected chi connectivity index (χ3v) is 3.56. The standard InChI is InChI=1S/C12H17F3N2OS/c1-3-16-10-4-9(12(13,14)15)5-11(17-10)19-7-8(2)6-18/h4-5,8,18H,3,6-7H2,1-2H3,(H,16,17). The van der Waals surface area contributed by atoms with Crippen LogP contribution in [0.3, 0.4) is 0 Å². The van der Waals surface area contributed by atoms with Crippen molar-refractivity contribution >= 4 is 17.6 Å². The first-order valence-electron chi connectivity index (χ1n) is 5.93. The van der Waals surface area contributed by atoms with Gasteiger partial charge in [0.25, 0.3) is 0 Å². The number of alkyl halides is 3. The van der Waals surface area contributed by atoms with Gasteiger partial charge in [-0.2, -0.15) is 13.2 Å². The second-order valence-electron chi connectivity index (χ2n) is 4.21. The van der Waals surface area contributed by atoms with Gasteiger partial charge < -0.3 is 10.4 Å². The van der Waals surface area contributed by atoms with Gasteiger partial charge in [0.15, 0.2) is 0 Å². The first-order chi connectivity index (χ1) is 8.86. The van der Waals surface area contributed by atoms with E-state index in [2.05, 4.69) is 10.3 Å². The molecule has 0 saturated heterocycles. The molecular weight excluding hydrogens is 277 g/mol. The molecular formula is C12H17F3N2OS. The number of thioether (sulfide) groups is 1. The first kappa shape index (κ1) is 16.1. The van der Waals surface area contributed by atoms with Crippen molar-refractivity contribution in [2.75, 3.05) is 24.2 Å². The lowest BCUT2D eigenvalue weighted by atomic mass is 10.2. The quantitative estimate of drug-likeness (QED) is 0.791. The van der Waals surface area contributed by atoms with Crippen LogP contribution in [0.25, 0.3) is 0 Å². The molecule has 0 aliphatic carbocycles. The Morgan fingerprint density at radius 2 is 2.11 bits per heavy atom. The van der Waals surface area contributed by atoms with Gasteiger partial charge in [-0.05, 0) is 25.0 Å². The van der Waals surface area contributed by atoms with Gasteiger partial charge in [0.2, 0.25) is 0 Å². The summed E-state index contributed by atoms with van der Waals surface area (Å²) in [6, 6.07) is 2.04. The molecule has 0 spiro atoms. The van der Waals surface area contributed by atoms with Crippen LogP contribution in [-0.4, -0.2) is 29.0 Å². The van der Waals surface area contributed by atoms with Gasteiger partial charge in [-0.3, -0.25) is 0 Å². The minimum atomic E-state index is -4.38. The van der Waals surface area contributed by atoms with E-state index >= 15 is 0 Å². The lowest BCUT2D eigenvalue weighted by molar-refractivity contribution is -0.137. The second kappa shape index (κ2) is 7.00. The van der Waals surface area contributed by atoms with E-state index in [9.17, 15) is 13.2 Å². The zero-order valence-corrected chi connectivity index (χ0v) is 11.6. The molecule has 1 rings (SSSR count). The topological polar surface area (TPSA) is 45.1 Å². The molecule has 0 bridgehead atoms. The largest absolute Gasteiger partial charge is 0.416 e. The zero-order valence-electron chi connectivity index (χ0n) is 10.8. The molecule has 7 heteroatoms. The molecule has 0 aliphatic heterocycles. The predicted molar refractivity (Wildman–Crippen MR) is 70.4 cm³/mol. The summed E-state index contributed by atoms with van der Waals surface area (Å²) >= 11 is 1.21. The van der Waals surface area contributed by atoms with E-state index in [4.69, 9.17) is 5.11 Å². The van der Waals surface area contributed by atoms with Crippen LogP contribution in [0.2, 0.25) is 0 Å². The summed E-state index contributed by atoms with van der Waals surface area (Å²) in [5, 5.41) is 12.0. The maximum Gasteiger partial charge on any atom is 0.416 e. The lowest BCUT2D eigenvalue weighted by Crippen LogP contribution is -2.09. The fourth-order valence-corrected chi connectivity index (χ4v) is 2.23. The molecule has 0 amide bonds. The summed E-state index contributed by atoms with van der Waals surface area (Å²) in [5.41, 5.74) is -0.711. The van der Waals surface area contributed by atoms with Crippen LogP contribution in [0.4, 0.5) is 19.0 Å². The van der Waals surface area contributed by atoms with Crippen LogP contribution in [-0.2, 0) is 6.18 Å². The summed E-state index contributed by atoms with van der Waals surface area (Å²) in [7, 11) is 0. The van der Waals surface area contributed by atoms with Gasteiger partial charge >= 0.3 is 6.18 Å². The maximum atomic E-state index is 12.7. The van der Waals surface area contributed by atoms with E-state index in [1.54, 1.807) is 6.92 Å². The highest BCUT2D eigenvalue weighted by Gasteiger charge is 2.31. The van der Waals surface area contributed by atoms with Crippen molar-refractivity contribution in [1.82, 2.24) is 4.98 Å². The van der Waals surface area contributed by atoms with Gasteiger partial charge in [-0.15, -0.1) is 11.8 Å². The second-order valence-corrected chi connectivity index (χ2v) is 5.25. The summed E-state index contributed by atoms with van der Waals surface area (Å²) in [5.74, 6) is 0.761. The summed E-state index contributed by atoms with van der Waals surface area (Å²) in [6.07, 6.45) is -4.38. The van der Waals surface area contributed by atoms with Crippen molar-refractivity contribution in [3.8, 4) is 0 Å². The molecule has 0 saturated carbocycles. The van der Waals surface area contributed by atoms with Gasteiger partial charge in [0.1, 0.15) is 5.82 Å². The number of halogens is 3. The number of hydrogen-bond donors (Lipinski definition) is 2. The molecule has 19 heavy (non-hydrogen) atoms. The van der Waals surface area contributed by atoms with Gasteiger partial charge in [0, 0.05) is 18.9 Å². The zero-order chi connectivity index (χ0) is 14.5. The Morgan fingerprint density at radius 3 is 2.63 bits per heavy atom. The van der Waals surface area contributed by atoms with Crippen molar-refractivity contribution in [3.05, 3.63) is 17.7 Å². The summed E-state index contributed by atoms with van der Waals surface area (Å²) in [4.78, 5) is 4.11. The third kappa shape index (κ3) is 5.28. The van der Waals surface area contributed by atoms with Gasteiger partial charge in [0.05, 0.1) is 10.6 Å². The number of rotatable bonds is 6. The van der Waals surface area contributed by atoms with Crippen LogP contribution in [0, 0.1) is 5.92 Å². The number of aromatic nitrogens is 1. The first-order valence-corrected chi connectivity index (χ1v) is 6.92. The van der Waals surface area contributed by atoms with Crippen LogP contribution >= 0.6 is 11.8 Å². The molecule has 3 nitrogen and oxygen atoms in total. The molecule has 0 aliphatic rings. The maximum absolute atomic E-state index is 12.7. The van der Waals surface area contributed by atoms with E-state index in [0.29, 0.717) is 17.3 Å². The predicted octanol–water partition coefficient (Wildman–Crippen LogP) is 3.25. The number of anilines is 1. The molecule has 0 radical (unpaired) electrons. The molecule has 108 valence electrons. The van der Waals surface area contributed by atoms with Crippen molar-refractivity contribution < 1.29 is 18.3 Å². The van der Waals surface area contributed by atoms with Crippen LogP contribution in [0.1, 0.15) is 19.4 Å². The van der Waals surface area contributed by atoms with E-state index in [0.717, 1.165) is 12.1 Å². The minimum Gasteiger partial charge on any atom is -0.396 e. The van der Waals surface area contributed by atoms with Crippen molar-refractivity contribution in [3.63, 3.8) is 0 Å². The number of nitrogens with zero attached hydrogens (tertiary/aromatic N) is 1. The Hall–Kier alpha value is -0.950. The van der Waals surface area contributed by atoms with Gasteiger partial charge in [-0.25, -0.2) is 4.98 Å². The average Bonchev–Trinajstić information content (AvgIpc) is 2.35. The van der Waals surface area contributed by atoms with Crippen molar-refractivity contribution in [2.24, 2.45) is 5.92 Å². The molecule has 0 aromatic carbocycles. The van der Waals surface area contributed by atoms with Crippen LogP contribution < -0.4 is 5.32 Å². The summed E-state index contributed by atoms with van der Waals surface area (Å²) < 4.78 is 38.2. The molecule has 1 atom stereocenters. The smallest absolute Gasteiger partial charge is 0.396 e. The average molecular weight is 294 g/mol. The Kier molecular flexibility index (Phi) is 5.93. The fraction of sp³-hybridized carbons (Fsp3) is 0.583. The Labute approximate surface area is 114 Å². The van der Waals surface area contributed by atoms with E-state index in [1.165, 1.54) is 11.8 Å². The summed E-state index contributed by atoms with van der Waals surface area (Å²) in [6.45, 7) is 4.13. The van der Waals surface area contributed by atoms with E-state index in [1.807, 2.05) is 6.92 Å². The Balaban J connectivity index is 2.93. The fourth-order valence-electron chi connectivity index (χ4n) is 1.29. The van der Waals surface area contributed by atoms with E-state index in [-0.39, 0.29) is 18.3 Å². The lowest BCUT2D eigenvalue weighted by Gasteiger charge is -2.12. The Bertz CT molecular complexity index is 412. The van der Waals surface area contributed by atoms with E-state index < -0.39 is 11.7 Å². The molecule has 1 aromatic rings. The highest BCUT2D eigenvalue weighted by molar-refractivity contribution is 7.99. The number of pyridine rings is 1. The number of hydrogen-bond acceptors (Lipinski definition) is 4. The molecule has 1 heterocycles. The normalized spacial score (nSPS) is 13.4. The Morgan fingerprint density at radius 1 is 1.42 bits per heavy atom. The minimum absolute atomic E-state index is 0.00598. The van der Waals surface area contributed by atoms with Crippen LogP contribution in [0.5, 0.6) is 0 Å². The van der Waals surface area contributed by atoms with Crippen LogP contribution in [0.15, 0.2) is 17.2 Å².